The van der Waals surface area contributed by atoms with Gasteiger partial charge in [0.05, 0.1) is 22.9 Å². The van der Waals surface area contributed by atoms with Crippen LogP contribution in [0.3, 0.4) is 0 Å². The molecule has 1 aromatic heterocycles. The predicted octanol–water partition coefficient (Wildman–Crippen LogP) is -0.293. The highest BCUT2D eigenvalue weighted by Crippen LogP contribution is 2.03. The molecule has 10 heavy (non-hydrogen) atoms. The lowest BCUT2D eigenvalue weighted by atomic mass is 10.4. The Bertz CT molecular complexity index is 255. The van der Waals surface area contributed by atoms with Crippen LogP contribution in [0.4, 0.5) is 5.82 Å². The highest BCUT2D eigenvalue weighted by atomic mass is 127. The number of hydrogen-bond donors (Lipinski definition) is 2. The Morgan fingerprint density at radius 1 is 1.60 bits per heavy atom. The van der Waals surface area contributed by atoms with Gasteiger partial charge in [-0.15, -0.1) is 0 Å². The molecule has 0 aliphatic rings. The van der Waals surface area contributed by atoms with E-state index in [2.05, 4.69) is 18.1 Å². The number of nitrogens with two attached hydrogens (primary N) is 2. The van der Waals surface area contributed by atoms with Crippen molar-refractivity contribution in [2.75, 3.05) is 5.73 Å². The van der Waals surface area contributed by atoms with E-state index >= 15 is 0 Å². The van der Waals surface area contributed by atoms with Crippen molar-refractivity contribution in [3.8, 4) is 0 Å². The molecule has 1 heterocycles. The van der Waals surface area contributed by atoms with Gasteiger partial charge in [0, 0.05) is 0 Å². The first-order valence-electron chi connectivity index (χ1n) is 2.28. The fourth-order valence-electron chi connectivity index (χ4n) is 0.413. The molecule has 0 saturated heterocycles. The number of rotatable bonds is 1. The maximum absolute atomic E-state index is 5.34. The molecule has 0 bridgehead atoms. The van der Waals surface area contributed by atoms with E-state index in [1.807, 2.05) is 0 Å². The minimum absolute atomic E-state index is 0.151. The summed E-state index contributed by atoms with van der Waals surface area (Å²) in [6.45, 7) is 0. The first kappa shape index (κ1) is 7.25. The number of nitrogen functional groups attached to an aromatic ring is 1. The first-order valence-corrected chi connectivity index (χ1v) is 3.25. The third-order valence-corrected chi connectivity index (χ3v) is 1.37. The summed E-state index contributed by atoms with van der Waals surface area (Å²) in [5.41, 5.74) is 10.9. The minimum Gasteiger partial charge on any atom is -0.381 e. The molecule has 0 fully saturated rings. The van der Waals surface area contributed by atoms with E-state index in [9.17, 15) is 0 Å². The Hall–Kier alpha value is -0.860. The third-order valence-electron chi connectivity index (χ3n) is 0.848. The van der Waals surface area contributed by atoms with E-state index in [4.69, 9.17) is 11.5 Å². The molecule has 0 aliphatic heterocycles. The van der Waals surface area contributed by atoms with Crippen LogP contribution >= 0.6 is 22.9 Å². The maximum Gasteiger partial charge on any atom is 0.199 e. The number of halogens is 1. The van der Waals surface area contributed by atoms with Crippen LogP contribution in [0.1, 0.15) is 5.69 Å². The largest absolute Gasteiger partial charge is 0.381 e. The lowest BCUT2D eigenvalue weighted by Gasteiger charge is -1.88. The van der Waals surface area contributed by atoms with Gasteiger partial charge in [-0.05, 0) is 10.3 Å². The van der Waals surface area contributed by atoms with Crippen molar-refractivity contribution in [1.82, 2.24) is 10.3 Å². The third kappa shape index (κ3) is 1.17. The van der Waals surface area contributed by atoms with Crippen molar-refractivity contribution in [2.45, 2.75) is 0 Å². The van der Waals surface area contributed by atoms with Crippen LogP contribution in [0.5, 0.6) is 0 Å². The second kappa shape index (κ2) is 2.82. The van der Waals surface area contributed by atoms with Crippen molar-refractivity contribution in [3.63, 3.8) is 0 Å². The first-order chi connectivity index (χ1) is 4.75. The Kier molecular flexibility index (Phi) is 2.04. The fourth-order valence-corrected chi connectivity index (χ4v) is 0.642. The number of nitrogens with zero attached hydrogens (tertiary/aromatic N) is 3. The van der Waals surface area contributed by atoms with E-state index in [1.54, 1.807) is 22.9 Å². The molecule has 7 heteroatoms. The van der Waals surface area contributed by atoms with E-state index in [0.717, 1.165) is 0 Å². The summed E-state index contributed by atoms with van der Waals surface area (Å²) < 4.78 is 7.89. The van der Waals surface area contributed by atoms with Gasteiger partial charge in [0.15, 0.2) is 17.3 Å². The van der Waals surface area contributed by atoms with Gasteiger partial charge in [-0.3, -0.25) is 0 Å². The smallest absolute Gasteiger partial charge is 0.199 e. The summed E-state index contributed by atoms with van der Waals surface area (Å²) in [5.74, 6) is 0.359. The van der Waals surface area contributed by atoms with Gasteiger partial charge >= 0.3 is 0 Å². The van der Waals surface area contributed by atoms with Gasteiger partial charge < -0.3 is 11.5 Å². The molecule has 0 unspecified atom stereocenters. The topological polar surface area (TPSA) is 103 Å². The molecular weight excluding hydrogens is 249 g/mol. The monoisotopic (exact) mass is 253 g/mol. The van der Waals surface area contributed by atoms with E-state index < -0.39 is 0 Å². The quantitative estimate of drug-likeness (QED) is 0.406. The van der Waals surface area contributed by atoms with Crippen LogP contribution in [0.25, 0.3) is 0 Å². The summed E-state index contributed by atoms with van der Waals surface area (Å²) in [6.07, 6.45) is 0. The number of hydrogen-bond acceptors (Lipinski definition) is 5. The highest BCUT2D eigenvalue weighted by molar-refractivity contribution is 14.1. The zero-order chi connectivity index (χ0) is 7.56. The van der Waals surface area contributed by atoms with Crippen molar-refractivity contribution in [2.24, 2.45) is 8.94 Å². The molecule has 0 saturated carbocycles. The summed E-state index contributed by atoms with van der Waals surface area (Å²) >= 11 is 1.73. The second-order valence-electron chi connectivity index (χ2n) is 1.47. The average molecular weight is 253 g/mol. The summed E-state index contributed by atoms with van der Waals surface area (Å²) in [7, 11) is 0. The number of aromatic nitrogens is 2. The van der Waals surface area contributed by atoms with Crippen LogP contribution in [0.2, 0.25) is 0 Å². The number of anilines is 1. The minimum atomic E-state index is 0.151. The average Bonchev–Trinajstić information content (AvgIpc) is 2.34. The highest BCUT2D eigenvalue weighted by Gasteiger charge is 2.08. The summed E-state index contributed by atoms with van der Waals surface area (Å²) in [4.78, 5) is 0. The zero-order valence-corrected chi connectivity index (χ0v) is 6.94. The summed E-state index contributed by atoms with van der Waals surface area (Å²) in [5, 5.41) is 6.73. The Balaban J connectivity index is 3.05. The van der Waals surface area contributed by atoms with E-state index in [-0.39, 0.29) is 17.3 Å². The number of amidine groups is 1. The lowest BCUT2D eigenvalue weighted by Crippen LogP contribution is -2.14. The van der Waals surface area contributed by atoms with Gasteiger partial charge in [-0.2, -0.15) is 3.21 Å². The van der Waals surface area contributed by atoms with Gasteiger partial charge in [0.1, 0.15) is 0 Å². The van der Waals surface area contributed by atoms with Crippen molar-refractivity contribution in [3.05, 3.63) is 5.69 Å². The molecular formula is C3H4IN5O. The van der Waals surface area contributed by atoms with Gasteiger partial charge in [-0.1, -0.05) is 0 Å². The van der Waals surface area contributed by atoms with E-state index in [1.165, 1.54) is 0 Å². The molecule has 6 nitrogen and oxygen atoms in total. The Morgan fingerprint density at radius 2 is 2.30 bits per heavy atom. The van der Waals surface area contributed by atoms with Crippen LogP contribution in [0.15, 0.2) is 7.83 Å². The van der Waals surface area contributed by atoms with Gasteiger partial charge in [-0.25, -0.2) is 4.63 Å². The molecule has 1 rings (SSSR count). The fraction of sp³-hybridized carbons (Fsp3) is 0. The van der Waals surface area contributed by atoms with Crippen LogP contribution in [0, 0.1) is 0 Å². The summed E-state index contributed by atoms with van der Waals surface area (Å²) in [6, 6.07) is 0. The second-order valence-corrected chi connectivity index (χ2v) is 1.95. The zero-order valence-electron chi connectivity index (χ0n) is 4.78. The van der Waals surface area contributed by atoms with E-state index in [0.29, 0.717) is 0 Å². The van der Waals surface area contributed by atoms with Crippen molar-refractivity contribution in [1.29, 1.82) is 0 Å². The molecule has 0 aromatic carbocycles. The van der Waals surface area contributed by atoms with Crippen molar-refractivity contribution < 1.29 is 4.63 Å². The molecule has 54 valence electrons. The predicted molar refractivity (Wildman–Crippen MR) is 43.5 cm³/mol. The van der Waals surface area contributed by atoms with Crippen LogP contribution in [-0.4, -0.2) is 16.1 Å². The van der Waals surface area contributed by atoms with Gasteiger partial charge in [0.2, 0.25) is 0 Å². The Labute approximate surface area is 70.1 Å². The maximum atomic E-state index is 5.34. The normalized spacial score (nSPS) is 11.9. The van der Waals surface area contributed by atoms with Crippen molar-refractivity contribution >= 4 is 34.5 Å². The van der Waals surface area contributed by atoms with Crippen LogP contribution in [-0.2, 0) is 0 Å². The SMILES string of the molecule is NC(=NI)c1nonc1N. The molecule has 0 aliphatic carbocycles. The lowest BCUT2D eigenvalue weighted by molar-refractivity contribution is 0.308. The molecule has 0 atom stereocenters. The standard InChI is InChI=1S/C3H4IN5O/c4-7-2(5)1-3(6)9-10-8-1/h(H2,5,7)(H2,6,9). The molecule has 0 radical (unpaired) electrons. The van der Waals surface area contributed by atoms with Crippen LogP contribution < -0.4 is 11.5 Å². The molecule has 1 aromatic rings. The molecule has 0 amide bonds. The Morgan fingerprint density at radius 3 is 2.70 bits per heavy atom. The van der Waals surface area contributed by atoms with Gasteiger partial charge in [0.25, 0.3) is 0 Å². The molecule has 0 spiro atoms. The molecule has 4 N–H and O–H groups in total.